The van der Waals surface area contributed by atoms with Crippen molar-refractivity contribution in [1.29, 1.82) is 0 Å². The third-order valence-electron chi connectivity index (χ3n) is 2.78. The third-order valence-corrected chi connectivity index (χ3v) is 5.06. The summed E-state index contributed by atoms with van der Waals surface area (Å²) in [6.45, 7) is 0.547. The first-order chi connectivity index (χ1) is 9.58. The molecule has 0 heterocycles. The van der Waals surface area contributed by atoms with Crippen LogP contribution in [0, 0.1) is 3.57 Å². The second kappa shape index (κ2) is 7.56. The van der Waals surface area contributed by atoms with Crippen molar-refractivity contribution in [3.8, 4) is 0 Å². The van der Waals surface area contributed by atoms with Gasteiger partial charge in [0.25, 0.3) is 5.91 Å². The van der Waals surface area contributed by atoms with E-state index in [1.165, 1.54) is 0 Å². The van der Waals surface area contributed by atoms with E-state index in [1.807, 2.05) is 48.5 Å². The van der Waals surface area contributed by atoms with Gasteiger partial charge in [-0.15, -0.1) is 0 Å². The maximum absolute atomic E-state index is 12.2. The van der Waals surface area contributed by atoms with E-state index in [2.05, 4.69) is 59.8 Å². The van der Waals surface area contributed by atoms with Crippen LogP contribution >= 0.6 is 54.5 Å². The van der Waals surface area contributed by atoms with Gasteiger partial charge in [0.2, 0.25) is 0 Å². The molecule has 1 amide bonds. The van der Waals surface area contributed by atoms with Gasteiger partial charge in [0, 0.05) is 14.6 Å². The molecule has 2 nitrogen and oxygen atoms in total. The Morgan fingerprint density at radius 2 is 1.90 bits per heavy atom. The van der Waals surface area contributed by atoms with Crippen LogP contribution in [0.4, 0.5) is 0 Å². The Morgan fingerprint density at radius 1 is 1.20 bits per heavy atom. The van der Waals surface area contributed by atoms with Crippen LogP contribution in [0.25, 0.3) is 0 Å². The number of hydrogen-bond acceptors (Lipinski definition) is 1. The van der Waals surface area contributed by atoms with Crippen LogP contribution in [-0.2, 0) is 0 Å². The number of benzene rings is 2. The summed E-state index contributed by atoms with van der Waals surface area (Å²) in [7, 11) is 0. The molecule has 0 aliphatic carbocycles. The number of amides is 1. The monoisotopic (exact) mass is 507 g/mol. The zero-order chi connectivity index (χ0) is 14.5. The Hall–Kier alpha value is -0.400. The van der Waals surface area contributed by atoms with E-state index in [4.69, 9.17) is 0 Å². The fourth-order valence-electron chi connectivity index (χ4n) is 1.73. The van der Waals surface area contributed by atoms with Crippen molar-refractivity contribution < 1.29 is 4.79 Å². The minimum Gasteiger partial charge on any atom is -0.351 e. The van der Waals surface area contributed by atoms with Crippen LogP contribution in [0.2, 0.25) is 0 Å². The molecule has 20 heavy (non-hydrogen) atoms. The lowest BCUT2D eigenvalue weighted by Crippen LogP contribution is -2.27. The van der Waals surface area contributed by atoms with Crippen LogP contribution in [0.15, 0.2) is 53.0 Å². The summed E-state index contributed by atoms with van der Waals surface area (Å²) in [6, 6.07) is 15.7. The lowest BCUT2D eigenvalue weighted by molar-refractivity contribution is 0.0953. The molecule has 2 rings (SSSR count). The molecule has 0 radical (unpaired) electrons. The van der Waals surface area contributed by atoms with E-state index in [1.54, 1.807) is 0 Å². The Balaban J connectivity index is 2.00. The lowest BCUT2D eigenvalue weighted by atomic mass is 10.1. The molecule has 0 spiro atoms. The van der Waals surface area contributed by atoms with E-state index in [9.17, 15) is 4.79 Å². The summed E-state index contributed by atoms with van der Waals surface area (Å²) in [6.07, 6.45) is 0. The van der Waals surface area contributed by atoms with Gasteiger partial charge < -0.3 is 5.32 Å². The van der Waals surface area contributed by atoms with E-state index in [-0.39, 0.29) is 10.7 Å². The van der Waals surface area contributed by atoms with Gasteiger partial charge in [-0.2, -0.15) is 0 Å². The van der Waals surface area contributed by atoms with Gasteiger partial charge >= 0.3 is 0 Å². The SMILES string of the molecule is O=C(NCC(Br)c1ccccc1)c1cc(Br)ccc1I. The molecule has 1 unspecified atom stereocenters. The highest BCUT2D eigenvalue weighted by atomic mass is 127. The minimum atomic E-state index is -0.0592. The molecule has 5 heteroatoms. The Bertz CT molecular complexity index is 604. The number of nitrogens with one attached hydrogen (secondary N) is 1. The van der Waals surface area contributed by atoms with Crippen molar-refractivity contribution in [2.45, 2.75) is 4.83 Å². The first-order valence-electron chi connectivity index (χ1n) is 6.00. The highest BCUT2D eigenvalue weighted by Gasteiger charge is 2.13. The van der Waals surface area contributed by atoms with E-state index in [0.717, 1.165) is 13.6 Å². The summed E-state index contributed by atoms with van der Waals surface area (Å²) in [5, 5.41) is 2.95. The average molecular weight is 509 g/mol. The Kier molecular flexibility index (Phi) is 6.04. The molecule has 2 aromatic carbocycles. The second-order valence-electron chi connectivity index (χ2n) is 4.21. The van der Waals surface area contributed by atoms with Crippen molar-refractivity contribution in [3.05, 3.63) is 67.7 Å². The molecule has 0 aromatic heterocycles. The van der Waals surface area contributed by atoms with Gasteiger partial charge in [-0.25, -0.2) is 0 Å². The van der Waals surface area contributed by atoms with Crippen LogP contribution in [0.5, 0.6) is 0 Å². The summed E-state index contributed by atoms with van der Waals surface area (Å²) < 4.78 is 1.84. The molecular formula is C15H12Br2INO. The van der Waals surface area contributed by atoms with Gasteiger partial charge in [-0.05, 0) is 46.4 Å². The van der Waals surface area contributed by atoms with Crippen molar-refractivity contribution in [3.63, 3.8) is 0 Å². The van der Waals surface area contributed by atoms with Gasteiger partial charge in [0.15, 0.2) is 0 Å². The van der Waals surface area contributed by atoms with Crippen molar-refractivity contribution >= 4 is 60.4 Å². The van der Waals surface area contributed by atoms with Crippen molar-refractivity contribution in [2.24, 2.45) is 0 Å². The Morgan fingerprint density at radius 3 is 2.60 bits per heavy atom. The molecule has 1 N–H and O–H groups in total. The quantitative estimate of drug-likeness (QED) is 0.461. The minimum absolute atomic E-state index is 0.0592. The van der Waals surface area contributed by atoms with Crippen molar-refractivity contribution in [2.75, 3.05) is 6.54 Å². The molecular weight excluding hydrogens is 497 g/mol. The van der Waals surface area contributed by atoms with Crippen LogP contribution < -0.4 is 5.32 Å². The molecule has 0 aliphatic rings. The zero-order valence-corrected chi connectivity index (χ0v) is 15.8. The highest BCUT2D eigenvalue weighted by molar-refractivity contribution is 14.1. The molecule has 0 aliphatic heterocycles. The van der Waals surface area contributed by atoms with Crippen LogP contribution in [0.3, 0.4) is 0 Å². The third kappa shape index (κ3) is 4.30. The van der Waals surface area contributed by atoms with E-state index >= 15 is 0 Å². The number of carbonyl (C=O) groups is 1. The number of carbonyl (C=O) groups excluding carboxylic acids is 1. The number of halogens is 3. The molecule has 0 saturated heterocycles. The summed E-state index contributed by atoms with van der Waals surface area (Å²) in [5.74, 6) is -0.0592. The zero-order valence-electron chi connectivity index (χ0n) is 10.4. The predicted octanol–water partition coefficient (Wildman–Crippen LogP) is 4.92. The summed E-state index contributed by atoms with van der Waals surface area (Å²) >= 11 is 9.15. The highest BCUT2D eigenvalue weighted by Crippen LogP contribution is 2.22. The molecule has 1 atom stereocenters. The topological polar surface area (TPSA) is 29.1 Å². The summed E-state index contributed by atoms with van der Waals surface area (Å²) in [5.41, 5.74) is 1.84. The second-order valence-corrected chi connectivity index (χ2v) is 7.40. The predicted molar refractivity (Wildman–Crippen MR) is 97.3 cm³/mol. The number of rotatable bonds is 4. The Labute approximate surface area is 148 Å². The fraction of sp³-hybridized carbons (Fsp3) is 0.133. The fourth-order valence-corrected chi connectivity index (χ4v) is 3.14. The standard InChI is InChI=1S/C15H12Br2INO/c16-11-6-7-14(18)12(8-11)15(20)19-9-13(17)10-4-2-1-3-5-10/h1-8,13H,9H2,(H,19,20). The lowest BCUT2D eigenvalue weighted by Gasteiger charge is -2.12. The smallest absolute Gasteiger partial charge is 0.252 e. The van der Waals surface area contributed by atoms with Crippen LogP contribution in [0.1, 0.15) is 20.7 Å². The van der Waals surface area contributed by atoms with E-state index < -0.39 is 0 Å². The van der Waals surface area contributed by atoms with Gasteiger partial charge in [-0.3, -0.25) is 4.79 Å². The molecule has 2 aromatic rings. The van der Waals surface area contributed by atoms with Gasteiger partial charge in [-0.1, -0.05) is 62.2 Å². The molecule has 0 bridgehead atoms. The van der Waals surface area contributed by atoms with Gasteiger partial charge in [0.1, 0.15) is 0 Å². The van der Waals surface area contributed by atoms with E-state index in [0.29, 0.717) is 12.1 Å². The maximum Gasteiger partial charge on any atom is 0.252 e. The number of alkyl halides is 1. The summed E-state index contributed by atoms with van der Waals surface area (Å²) in [4.78, 5) is 12.3. The molecule has 0 saturated carbocycles. The average Bonchev–Trinajstić information content (AvgIpc) is 2.47. The largest absolute Gasteiger partial charge is 0.351 e. The first kappa shape index (κ1) is 16.0. The molecule has 0 fully saturated rings. The van der Waals surface area contributed by atoms with Crippen molar-refractivity contribution in [1.82, 2.24) is 5.32 Å². The number of hydrogen-bond donors (Lipinski definition) is 1. The first-order valence-corrected chi connectivity index (χ1v) is 8.79. The maximum atomic E-state index is 12.2. The normalized spacial score (nSPS) is 11.9. The van der Waals surface area contributed by atoms with Crippen LogP contribution in [-0.4, -0.2) is 12.5 Å². The van der Waals surface area contributed by atoms with Gasteiger partial charge in [0.05, 0.1) is 10.4 Å². The molecule has 104 valence electrons.